The minimum atomic E-state index is -0.476. The number of anilines is 1. The summed E-state index contributed by atoms with van der Waals surface area (Å²) in [5.74, 6) is -0.717. The Hall–Kier alpha value is -4.48. The SMILES string of the molecule is Cc1ccc(CCC(=O)Cc2ccc(NC(=O)/C(=C/c3ccc(Cl)cc3)NC(=O)c3ccccc3)cc2)cc1. The number of amides is 2. The molecule has 0 aliphatic rings. The Bertz CT molecular complexity index is 1460. The number of carbonyl (C=O) groups excluding carboxylic acids is 3. The summed E-state index contributed by atoms with van der Waals surface area (Å²) < 4.78 is 0. The highest BCUT2D eigenvalue weighted by atomic mass is 35.5. The summed E-state index contributed by atoms with van der Waals surface area (Å²) >= 11 is 5.99. The van der Waals surface area contributed by atoms with Crippen molar-refractivity contribution in [3.63, 3.8) is 0 Å². The lowest BCUT2D eigenvalue weighted by atomic mass is 10.0. The number of carbonyl (C=O) groups is 3. The van der Waals surface area contributed by atoms with Gasteiger partial charge in [-0.3, -0.25) is 14.4 Å². The minimum Gasteiger partial charge on any atom is -0.321 e. The molecule has 0 radical (unpaired) electrons. The molecular weight excluding hydrogens is 508 g/mol. The van der Waals surface area contributed by atoms with Gasteiger partial charge >= 0.3 is 0 Å². The summed E-state index contributed by atoms with van der Waals surface area (Å²) in [7, 11) is 0. The van der Waals surface area contributed by atoms with Crippen LogP contribution in [0.5, 0.6) is 0 Å². The number of ketones is 1. The summed E-state index contributed by atoms with van der Waals surface area (Å²) in [5, 5.41) is 6.12. The van der Waals surface area contributed by atoms with E-state index in [1.165, 1.54) is 5.56 Å². The first kappa shape index (κ1) is 27.6. The van der Waals surface area contributed by atoms with Gasteiger partial charge in [0.05, 0.1) is 0 Å². The lowest BCUT2D eigenvalue weighted by Gasteiger charge is -2.12. The van der Waals surface area contributed by atoms with Crippen LogP contribution in [0.3, 0.4) is 0 Å². The van der Waals surface area contributed by atoms with Crippen LogP contribution < -0.4 is 10.6 Å². The van der Waals surface area contributed by atoms with E-state index in [-0.39, 0.29) is 11.5 Å². The van der Waals surface area contributed by atoms with Gasteiger partial charge in [0.25, 0.3) is 11.8 Å². The molecule has 0 unspecified atom stereocenters. The van der Waals surface area contributed by atoms with Crippen LogP contribution in [-0.2, 0) is 22.4 Å². The van der Waals surface area contributed by atoms with Crippen molar-refractivity contribution >= 4 is 41.0 Å². The maximum Gasteiger partial charge on any atom is 0.272 e. The molecule has 196 valence electrons. The lowest BCUT2D eigenvalue weighted by Crippen LogP contribution is -2.30. The first-order chi connectivity index (χ1) is 18.9. The highest BCUT2D eigenvalue weighted by Gasteiger charge is 2.15. The Morgan fingerprint density at radius 2 is 1.41 bits per heavy atom. The average molecular weight is 537 g/mol. The number of benzene rings is 4. The molecule has 0 fully saturated rings. The summed E-state index contributed by atoms with van der Waals surface area (Å²) in [6.45, 7) is 2.04. The molecule has 0 heterocycles. The first-order valence-electron chi connectivity index (χ1n) is 12.7. The molecule has 0 aliphatic carbocycles. The standard InChI is InChI=1S/C33H29ClN2O3/c1-23-7-9-24(10-8-23)15-20-30(37)21-25-13-18-29(19-14-25)35-33(39)31(22-26-11-16-28(34)17-12-26)36-32(38)27-5-3-2-4-6-27/h2-14,16-19,22H,15,20-21H2,1H3,(H,35,39)(H,36,38)/b31-22-. The fourth-order valence-electron chi connectivity index (χ4n) is 3.93. The predicted molar refractivity (Wildman–Crippen MR) is 157 cm³/mol. The van der Waals surface area contributed by atoms with Crippen molar-refractivity contribution in [1.82, 2.24) is 5.32 Å². The third-order valence-corrected chi connectivity index (χ3v) is 6.39. The second-order valence-electron chi connectivity index (χ2n) is 9.28. The second kappa shape index (κ2) is 13.4. The van der Waals surface area contributed by atoms with Crippen LogP contribution in [-0.4, -0.2) is 17.6 Å². The molecule has 6 heteroatoms. The van der Waals surface area contributed by atoms with E-state index in [1.807, 2.05) is 25.1 Å². The van der Waals surface area contributed by atoms with Gasteiger partial charge in [0.1, 0.15) is 11.5 Å². The fourth-order valence-corrected chi connectivity index (χ4v) is 4.05. The molecule has 0 saturated heterocycles. The molecule has 4 aromatic carbocycles. The molecule has 0 aromatic heterocycles. The van der Waals surface area contributed by atoms with Crippen molar-refractivity contribution in [2.45, 2.75) is 26.2 Å². The van der Waals surface area contributed by atoms with Gasteiger partial charge in [0, 0.05) is 29.1 Å². The molecule has 4 aromatic rings. The lowest BCUT2D eigenvalue weighted by molar-refractivity contribution is -0.118. The molecule has 0 bridgehead atoms. The number of halogens is 1. The van der Waals surface area contributed by atoms with Gasteiger partial charge in [0.15, 0.2) is 0 Å². The van der Waals surface area contributed by atoms with Crippen molar-refractivity contribution in [3.8, 4) is 0 Å². The van der Waals surface area contributed by atoms with Crippen molar-refractivity contribution < 1.29 is 14.4 Å². The van der Waals surface area contributed by atoms with Crippen molar-refractivity contribution in [2.24, 2.45) is 0 Å². The molecule has 0 spiro atoms. The van der Waals surface area contributed by atoms with Crippen LogP contribution in [0.2, 0.25) is 5.02 Å². The van der Waals surface area contributed by atoms with Crippen LogP contribution in [0.1, 0.15) is 39.0 Å². The quantitative estimate of drug-likeness (QED) is 0.219. The number of aryl methyl sites for hydroxylation is 2. The molecule has 39 heavy (non-hydrogen) atoms. The number of Topliss-reactive ketones (excluding diaryl/α,β-unsaturated/α-hetero) is 1. The van der Waals surface area contributed by atoms with Crippen molar-refractivity contribution in [3.05, 3.63) is 142 Å². The van der Waals surface area contributed by atoms with E-state index in [4.69, 9.17) is 11.6 Å². The zero-order valence-corrected chi connectivity index (χ0v) is 22.4. The highest BCUT2D eigenvalue weighted by molar-refractivity contribution is 6.30. The minimum absolute atomic E-state index is 0.0848. The monoisotopic (exact) mass is 536 g/mol. The van der Waals surface area contributed by atoms with Crippen LogP contribution in [0.15, 0.2) is 109 Å². The van der Waals surface area contributed by atoms with Crippen molar-refractivity contribution in [1.29, 1.82) is 0 Å². The van der Waals surface area contributed by atoms with Gasteiger partial charge in [0.2, 0.25) is 0 Å². The summed E-state index contributed by atoms with van der Waals surface area (Å²) in [5.41, 5.74) is 4.99. The van der Waals surface area contributed by atoms with E-state index in [2.05, 4.69) is 34.9 Å². The Morgan fingerprint density at radius 3 is 2.08 bits per heavy atom. The third kappa shape index (κ3) is 8.52. The largest absolute Gasteiger partial charge is 0.321 e. The molecule has 4 rings (SSSR count). The topological polar surface area (TPSA) is 75.3 Å². The van der Waals surface area contributed by atoms with Gasteiger partial charge in [-0.25, -0.2) is 0 Å². The number of rotatable bonds is 10. The number of nitrogens with one attached hydrogen (secondary N) is 2. The predicted octanol–water partition coefficient (Wildman–Crippen LogP) is 6.80. The van der Waals surface area contributed by atoms with Crippen LogP contribution in [0.25, 0.3) is 6.08 Å². The zero-order chi connectivity index (χ0) is 27.6. The highest BCUT2D eigenvalue weighted by Crippen LogP contribution is 2.16. The van der Waals surface area contributed by atoms with E-state index >= 15 is 0 Å². The fraction of sp³-hybridized carbons (Fsp3) is 0.121. The zero-order valence-electron chi connectivity index (χ0n) is 21.6. The second-order valence-corrected chi connectivity index (χ2v) is 9.72. The van der Waals surface area contributed by atoms with Crippen LogP contribution in [0, 0.1) is 6.92 Å². The maximum absolute atomic E-state index is 13.2. The average Bonchev–Trinajstić information content (AvgIpc) is 2.95. The van der Waals surface area contributed by atoms with Gasteiger partial charge < -0.3 is 10.6 Å². The van der Waals surface area contributed by atoms with E-state index in [1.54, 1.807) is 66.7 Å². The number of hydrogen-bond donors (Lipinski definition) is 2. The van der Waals surface area contributed by atoms with Gasteiger partial charge in [-0.05, 0) is 72.5 Å². The summed E-state index contributed by atoms with van der Waals surface area (Å²) in [4.78, 5) is 38.5. The van der Waals surface area contributed by atoms with Crippen molar-refractivity contribution in [2.75, 3.05) is 5.32 Å². The van der Waals surface area contributed by atoms with Gasteiger partial charge in [-0.15, -0.1) is 0 Å². The number of hydrogen-bond acceptors (Lipinski definition) is 3. The van der Waals surface area contributed by atoms with Crippen LogP contribution in [0.4, 0.5) is 5.69 Å². The molecule has 0 atom stereocenters. The van der Waals surface area contributed by atoms with E-state index in [0.717, 1.165) is 11.1 Å². The smallest absolute Gasteiger partial charge is 0.272 e. The Labute approximate surface area is 233 Å². The molecule has 5 nitrogen and oxygen atoms in total. The Kier molecular flexibility index (Phi) is 9.44. The molecule has 0 aliphatic heterocycles. The Balaban J connectivity index is 1.40. The first-order valence-corrected chi connectivity index (χ1v) is 13.0. The normalized spacial score (nSPS) is 11.1. The molecule has 2 amide bonds. The summed E-state index contributed by atoms with van der Waals surface area (Å²) in [6.07, 6.45) is 3.11. The third-order valence-electron chi connectivity index (χ3n) is 6.14. The molecular formula is C33H29ClN2O3. The van der Waals surface area contributed by atoms with E-state index in [0.29, 0.717) is 41.1 Å². The van der Waals surface area contributed by atoms with E-state index in [9.17, 15) is 14.4 Å². The molecule has 2 N–H and O–H groups in total. The maximum atomic E-state index is 13.2. The van der Waals surface area contributed by atoms with Gasteiger partial charge in [-0.2, -0.15) is 0 Å². The van der Waals surface area contributed by atoms with Gasteiger partial charge in [-0.1, -0.05) is 83.9 Å². The van der Waals surface area contributed by atoms with E-state index < -0.39 is 11.8 Å². The molecule has 0 saturated carbocycles. The Morgan fingerprint density at radius 1 is 0.769 bits per heavy atom. The van der Waals surface area contributed by atoms with Crippen LogP contribution >= 0.6 is 11.6 Å². The summed E-state index contributed by atoms with van der Waals surface area (Å²) in [6, 6.07) is 31.0.